The van der Waals surface area contributed by atoms with E-state index in [0.29, 0.717) is 6.04 Å². The van der Waals surface area contributed by atoms with Crippen LogP contribution < -0.4 is 25.6 Å². The molecule has 1 fully saturated rings. The van der Waals surface area contributed by atoms with Gasteiger partial charge in [0.05, 0.1) is 6.04 Å². The monoisotopic (exact) mass is 305 g/mol. The van der Waals surface area contributed by atoms with Gasteiger partial charge in [-0.05, 0) is 37.5 Å². The molecule has 120 valence electrons. The molecule has 1 aromatic carbocycles. The smallest absolute Gasteiger partial charge is 0.239 e. The number of carbonyl (C=O) groups excluding carboxylic acids is 1. The number of rotatable bonds is 5. The van der Waals surface area contributed by atoms with Crippen LogP contribution in [0.2, 0.25) is 0 Å². The van der Waals surface area contributed by atoms with E-state index in [2.05, 4.69) is 23.1 Å². The minimum absolute atomic E-state index is 0.0243. The van der Waals surface area contributed by atoms with E-state index in [4.69, 9.17) is 9.47 Å². The summed E-state index contributed by atoms with van der Waals surface area (Å²) in [5.74, 6) is 1.52. The fourth-order valence-corrected chi connectivity index (χ4v) is 2.91. The minimum Gasteiger partial charge on any atom is -0.454 e. The van der Waals surface area contributed by atoms with E-state index in [9.17, 15) is 4.79 Å². The summed E-state index contributed by atoms with van der Waals surface area (Å²) < 4.78 is 10.7. The van der Waals surface area contributed by atoms with Crippen LogP contribution in [0.15, 0.2) is 18.2 Å². The van der Waals surface area contributed by atoms with E-state index >= 15 is 0 Å². The van der Waals surface area contributed by atoms with Gasteiger partial charge in [0.15, 0.2) is 11.5 Å². The van der Waals surface area contributed by atoms with Gasteiger partial charge in [0.2, 0.25) is 12.7 Å². The Labute approximate surface area is 130 Å². The summed E-state index contributed by atoms with van der Waals surface area (Å²) in [5.41, 5.74) is 7.28. The average Bonchev–Trinajstić information content (AvgIpc) is 3.15. The van der Waals surface area contributed by atoms with Gasteiger partial charge >= 0.3 is 0 Å². The van der Waals surface area contributed by atoms with Crippen LogP contribution in [0.25, 0.3) is 0 Å². The second kappa shape index (κ2) is 6.54. The highest BCUT2D eigenvalue weighted by Crippen LogP contribution is 2.34. The molecule has 1 amide bonds. The Hall–Kier alpha value is -1.79. The lowest BCUT2D eigenvalue weighted by atomic mass is 10.0. The lowest BCUT2D eigenvalue weighted by Crippen LogP contribution is -2.44. The maximum Gasteiger partial charge on any atom is 0.239 e. The number of ether oxygens (including phenoxy) is 2. The first kappa shape index (κ1) is 15.1. The first-order valence-electron chi connectivity index (χ1n) is 7.88. The predicted octanol–water partition coefficient (Wildman–Crippen LogP) is 1.63. The van der Waals surface area contributed by atoms with Crippen molar-refractivity contribution >= 4 is 5.91 Å². The highest BCUT2D eigenvalue weighted by Gasteiger charge is 2.29. The van der Waals surface area contributed by atoms with Crippen molar-refractivity contribution in [3.05, 3.63) is 23.8 Å². The fourth-order valence-electron chi connectivity index (χ4n) is 2.91. The Balaban J connectivity index is 1.57. The molecule has 2 aliphatic heterocycles. The van der Waals surface area contributed by atoms with Crippen molar-refractivity contribution in [2.24, 2.45) is 0 Å². The van der Waals surface area contributed by atoms with Crippen molar-refractivity contribution in [3.63, 3.8) is 0 Å². The number of carbonyl (C=O) groups is 1. The summed E-state index contributed by atoms with van der Waals surface area (Å²) in [6.45, 7) is 4.38. The molecule has 0 spiro atoms. The van der Waals surface area contributed by atoms with E-state index < -0.39 is 0 Å². The highest BCUT2D eigenvalue weighted by molar-refractivity contribution is 5.82. The van der Waals surface area contributed by atoms with Gasteiger partial charge in [-0.15, -0.1) is 0 Å². The molecule has 0 aromatic heterocycles. The lowest BCUT2D eigenvalue weighted by Gasteiger charge is -2.17. The van der Waals surface area contributed by atoms with Gasteiger partial charge in [0, 0.05) is 6.04 Å². The average molecular weight is 305 g/mol. The molecule has 3 rings (SSSR count). The number of hydrazine groups is 1. The Morgan fingerprint density at radius 3 is 3.00 bits per heavy atom. The van der Waals surface area contributed by atoms with Crippen LogP contribution in [-0.4, -0.2) is 24.8 Å². The molecule has 1 saturated heterocycles. The van der Waals surface area contributed by atoms with Gasteiger partial charge in [-0.2, -0.15) is 0 Å². The van der Waals surface area contributed by atoms with Crippen LogP contribution in [0.1, 0.15) is 44.7 Å². The van der Waals surface area contributed by atoms with E-state index in [0.717, 1.165) is 36.3 Å². The second-order valence-electron chi connectivity index (χ2n) is 5.91. The molecule has 2 aliphatic rings. The molecule has 3 unspecified atom stereocenters. The van der Waals surface area contributed by atoms with Crippen LogP contribution in [-0.2, 0) is 4.79 Å². The van der Waals surface area contributed by atoms with Gasteiger partial charge in [-0.1, -0.05) is 19.4 Å². The van der Waals surface area contributed by atoms with E-state index in [1.54, 1.807) is 0 Å². The van der Waals surface area contributed by atoms with Gasteiger partial charge in [-0.25, -0.2) is 5.43 Å². The topological polar surface area (TPSA) is 71.6 Å². The number of nitrogens with one attached hydrogen (secondary N) is 3. The summed E-state index contributed by atoms with van der Waals surface area (Å²) in [6.07, 6.45) is 3.02. The van der Waals surface area contributed by atoms with Crippen molar-refractivity contribution in [2.75, 3.05) is 6.79 Å². The number of hydrogen-bond acceptors (Lipinski definition) is 5. The first-order valence-corrected chi connectivity index (χ1v) is 7.88. The normalized spacial score (nSPS) is 24.3. The van der Waals surface area contributed by atoms with Crippen LogP contribution in [0, 0.1) is 0 Å². The molecule has 0 bridgehead atoms. The standard InChI is InChI=1S/C16H23N3O3/c1-3-4-12-8-13(19-18-12)16(20)17-10(2)11-5-6-14-15(7-11)22-9-21-14/h5-7,10,12-13,18-19H,3-4,8-9H2,1-2H3,(H,17,20). The Morgan fingerprint density at radius 2 is 2.18 bits per heavy atom. The SMILES string of the molecule is CCCC1CC(C(=O)NC(C)c2ccc3c(c2)OCO3)NN1. The van der Waals surface area contributed by atoms with Crippen molar-refractivity contribution in [1.29, 1.82) is 0 Å². The third kappa shape index (κ3) is 3.18. The molecule has 3 N–H and O–H groups in total. The number of benzene rings is 1. The Morgan fingerprint density at radius 1 is 1.36 bits per heavy atom. The summed E-state index contributed by atoms with van der Waals surface area (Å²) in [6, 6.07) is 5.89. The highest BCUT2D eigenvalue weighted by atomic mass is 16.7. The molecule has 0 radical (unpaired) electrons. The van der Waals surface area contributed by atoms with Crippen LogP contribution in [0.4, 0.5) is 0 Å². The molecule has 0 saturated carbocycles. The fraction of sp³-hybridized carbons (Fsp3) is 0.562. The zero-order valence-corrected chi connectivity index (χ0v) is 13.0. The molecule has 6 nitrogen and oxygen atoms in total. The molecular formula is C16H23N3O3. The summed E-state index contributed by atoms with van der Waals surface area (Å²) in [5, 5.41) is 3.05. The number of fused-ring (bicyclic) bond motifs is 1. The third-order valence-electron chi connectivity index (χ3n) is 4.19. The maximum absolute atomic E-state index is 12.3. The zero-order valence-electron chi connectivity index (χ0n) is 13.0. The van der Waals surface area contributed by atoms with Crippen molar-refractivity contribution in [3.8, 4) is 11.5 Å². The molecule has 6 heteroatoms. The molecular weight excluding hydrogens is 282 g/mol. The van der Waals surface area contributed by atoms with Crippen LogP contribution >= 0.6 is 0 Å². The maximum atomic E-state index is 12.3. The third-order valence-corrected chi connectivity index (χ3v) is 4.19. The minimum atomic E-state index is -0.173. The van der Waals surface area contributed by atoms with Gasteiger partial charge in [-0.3, -0.25) is 10.2 Å². The summed E-state index contributed by atoms with van der Waals surface area (Å²) >= 11 is 0. The summed E-state index contributed by atoms with van der Waals surface area (Å²) in [4.78, 5) is 12.3. The van der Waals surface area contributed by atoms with Gasteiger partial charge in [0.1, 0.15) is 6.04 Å². The van der Waals surface area contributed by atoms with Crippen molar-refractivity contribution in [2.45, 2.75) is 51.2 Å². The van der Waals surface area contributed by atoms with E-state index in [1.807, 2.05) is 25.1 Å². The van der Waals surface area contributed by atoms with Gasteiger partial charge in [0.25, 0.3) is 0 Å². The second-order valence-corrected chi connectivity index (χ2v) is 5.91. The van der Waals surface area contributed by atoms with Crippen molar-refractivity contribution in [1.82, 2.24) is 16.2 Å². The largest absolute Gasteiger partial charge is 0.454 e. The molecule has 3 atom stereocenters. The van der Waals surface area contributed by atoms with Crippen LogP contribution in [0.3, 0.4) is 0 Å². The van der Waals surface area contributed by atoms with E-state index in [1.165, 1.54) is 0 Å². The predicted molar refractivity (Wildman–Crippen MR) is 82.5 cm³/mol. The number of amides is 1. The quantitative estimate of drug-likeness (QED) is 0.771. The Bertz CT molecular complexity index is 549. The molecule has 1 aromatic rings. The molecule has 0 aliphatic carbocycles. The van der Waals surface area contributed by atoms with E-state index in [-0.39, 0.29) is 24.8 Å². The number of hydrogen-bond donors (Lipinski definition) is 3. The molecule has 22 heavy (non-hydrogen) atoms. The summed E-state index contributed by atoms with van der Waals surface area (Å²) in [7, 11) is 0. The van der Waals surface area contributed by atoms with Crippen molar-refractivity contribution < 1.29 is 14.3 Å². The first-order chi connectivity index (χ1) is 10.7. The molecule has 2 heterocycles. The Kier molecular flexibility index (Phi) is 4.49. The van der Waals surface area contributed by atoms with Crippen LogP contribution in [0.5, 0.6) is 11.5 Å². The lowest BCUT2D eigenvalue weighted by molar-refractivity contribution is -0.123. The zero-order chi connectivity index (χ0) is 15.5. The van der Waals surface area contributed by atoms with Gasteiger partial charge < -0.3 is 14.8 Å².